The van der Waals surface area contributed by atoms with E-state index >= 15 is 0 Å². The number of aryl methyl sites for hydroxylation is 1. The number of para-hydroxylation sites is 2. The first kappa shape index (κ1) is 45.3. The molecule has 0 bridgehead atoms. The molecule has 0 amide bonds. The largest absolute Gasteiger partial charge is 0.455 e. The van der Waals surface area contributed by atoms with Gasteiger partial charge < -0.3 is 19.0 Å². The van der Waals surface area contributed by atoms with Gasteiger partial charge in [0.25, 0.3) is 0 Å². The van der Waals surface area contributed by atoms with Gasteiger partial charge in [0.05, 0.1) is 0 Å². The number of furan rings is 1. The molecule has 0 atom stereocenters. The first-order chi connectivity index (χ1) is 35.9. The molecule has 11 aromatic rings. The molecule has 0 spiro atoms. The Morgan fingerprint density at radius 3 is 1.62 bits per heavy atom. The summed E-state index contributed by atoms with van der Waals surface area (Å²) in [6, 6.07) is 83.0. The van der Waals surface area contributed by atoms with Crippen molar-refractivity contribution in [3.8, 4) is 33.4 Å². The molecule has 2 aliphatic heterocycles. The monoisotopic (exact) mass is 955 g/mol. The van der Waals surface area contributed by atoms with Gasteiger partial charge in [0.2, 0.25) is 0 Å². The number of nitrogens with zero attached hydrogens (tertiary/aromatic N) is 3. The first-order valence-corrected chi connectivity index (χ1v) is 26.0. The predicted molar refractivity (Wildman–Crippen MR) is 315 cm³/mol. The third kappa shape index (κ3) is 7.52. The maximum atomic E-state index is 7.22. The number of anilines is 8. The minimum absolute atomic E-state index is 0.0150. The molecule has 5 heteroatoms. The lowest BCUT2D eigenvalue weighted by atomic mass is 9.43. The molecule has 0 fully saturated rings. The van der Waals surface area contributed by atoms with Crippen LogP contribution in [-0.4, -0.2) is 6.85 Å². The SMILES string of the molecule is Cc1ccccc1N1c2cc(-c3ccccc3)ccc2B2c3c1cc1c(oc4ccccc41)c3-c1cc(N(c3ccc(C(C)(C)C)cc3)c3ccc(C(C)(C)C)cc3)ccc1N2c1ccc(-c2ccccc2)cc1. The van der Waals surface area contributed by atoms with Crippen molar-refractivity contribution in [2.24, 2.45) is 0 Å². The van der Waals surface area contributed by atoms with E-state index in [9.17, 15) is 0 Å². The molecule has 0 unspecified atom stereocenters. The molecule has 358 valence electrons. The second-order valence-electron chi connectivity index (χ2n) is 22.2. The van der Waals surface area contributed by atoms with Crippen LogP contribution in [0.1, 0.15) is 58.2 Å². The predicted octanol–water partition coefficient (Wildman–Crippen LogP) is 18.0. The van der Waals surface area contributed by atoms with Crippen molar-refractivity contribution < 1.29 is 4.42 Å². The second kappa shape index (κ2) is 17.3. The zero-order chi connectivity index (χ0) is 50.5. The molecule has 10 aromatic carbocycles. The Morgan fingerprint density at radius 1 is 0.432 bits per heavy atom. The van der Waals surface area contributed by atoms with Crippen molar-refractivity contribution in [1.82, 2.24) is 0 Å². The molecular formula is C69H58BN3O. The number of fused-ring (bicyclic) bond motifs is 8. The minimum atomic E-state index is -0.218. The summed E-state index contributed by atoms with van der Waals surface area (Å²) < 4.78 is 7.22. The Balaban J connectivity index is 1.13. The van der Waals surface area contributed by atoms with Crippen LogP contribution in [0.3, 0.4) is 0 Å². The van der Waals surface area contributed by atoms with E-state index < -0.39 is 0 Å². The Morgan fingerprint density at radius 2 is 0.986 bits per heavy atom. The minimum Gasteiger partial charge on any atom is -0.455 e. The molecule has 2 aliphatic rings. The van der Waals surface area contributed by atoms with Crippen LogP contribution in [0.25, 0.3) is 55.3 Å². The topological polar surface area (TPSA) is 22.9 Å². The summed E-state index contributed by atoms with van der Waals surface area (Å²) in [7, 11) is 0. The van der Waals surface area contributed by atoms with Gasteiger partial charge in [0, 0.05) is 67.4 Å². The van der Waals surface area contributed by atoms with Crippen LogP contribution in [0.4, 0.5) is 45.5 Å². The summed E-state index contributed by atoms with van der Waals surface area (Å²) in [6.45, 7) is 15.7. The Labute approximate surface area is 435 Å². The quantitative estimate of drug-likeness (QED) is 0.149. The lowest BCUT2D eigenvalue weighted by Crippen LogP contribution is -2.61. The van der Waals surface area contributed by atoms with Crippen molar-refractivity contribution in [1.29, 1.82) is 0 Å². The normalized spacial score (nSPS) is 13.0. The molecule has 0 N–H and O–H groups in total. The van der Waals surface area contributed by atoms with Crippen molar-refractivity contribution in [2.75, 3.05) is 14.6 Å². The van der Waals surface area contributed by atoms with E-state index in [1.54, 1.807) is 0 Å². The average molecular weight is 956 g/mol. The molecule has 13 rings (SSSR count). The first-order valence-electron chi connectivity index (χ1n) is 26.0. The smallest absolute Gasteiger partial charge is 0.333 e. The van der Waals surface area contributed by atoms with Gasteiger partial charge in [-0.2, -0.15) is 0 Å². The summed E-state index contributed by atoms with van der Waals surface area (Å²) in [5, 5.41) is 2.20. The van der Waals surface area contributed by atoms with E-state index in [1.165, 1.54) is 49.9 Å². The molecule has 4 nitrogen and oxygen atoms in total. The maximum Gasteiger partial charge on any atom is 0.333 e. The summed E-state index contributed by atoms with van der Waals surface area (Å²) in [5.74, 6) is 0. The van der Waals surface area contributed by atoms with Gasteiger partial charge in [0.15, 0.2) is 0 Å². The number of benzene rings is 10. The summed E-state index contributed by atoms with van der Waals surface area (Å²) in [5.41, 5.74) is 23.9. The third-order valence-electron chi connectivity index (χ3n) is 15.5. The maximum absolute atomic E-state index is 7.22. The summed E-state index contributed by atoms with van der Waals surface area (Å²) >= 11 is 0. The standard InChI is InChI=1S/C69H58BN3O/c1-45-18-14-16-24-60(45)72-62-42-49(47-21-12-9-13-22-47)28-40-59(62)70-66-63(72)44-57-56-23-15-17-25-64(56)74-67(57)65(66)58-43-55(39-41-61(58)73(70)54-33-26-48(27-34-54)46-19-10-8-11-20-46)71(52-35-29-50(30-36-52)68(2,3)4)53-37-31-51(32-38-53)69(5,6)7/h8-44H,1-7H3. The summed E-state index contributed by atoms with van der Waals surface area (Å²) in [6.07, 6.45) is 0. The fraction of sp³-hybridized carbons (Fsp3) is 0.130. The highest BCUT2D eigenvalue weighted by Crippen LogP contribution is 2.53. The van der Waals surface area contributed by atoms with Crippen molar-refractivity contribution in [3.05, 3.63) is 241 Å². The Bertz CT molecular complexity index is 3860. The molecule has 74 heavy (non-hydrogen) atoms. The van der Waals surface area contributed by atoms with Crippen LogP contribution in [0.5, 0.6) is 0 Å². The fourth-order valence-corrected chi connectivity index (χ4v) is 11.6. The van der Waals surface area contributed by atoms with Crippen LogP contribution in [0.2, 0.25) is 0 Å². The highest BCUT2D eigenvalue weighted by Gasteiger charge is 2.47. The van der Waals surface area contributed by atoms with Gasteiger partial charge in [-0.3, -0.25) is 0 Å². The Kier molecular flexibility index (Phi) is 10.6. The molecule has 3 heterocycles. The van der Waals surface area contributed by atoms with Crippen LogP contribution < -0.4 is 25.5 Å². The van der Waals surface area contributed by atoms with E-state index in [0.29, 0.717) is 0 Å². The molecule has 0 saturated carbocycles. The molecular weight excluding hydrogens is 898 g/mol. The number of rotatable bonds is 7. The Hall–Kier alpha value is -8.54. The van der Waals surface area contributed by atoms with Crippen LogP contribution in [0.15, 0.2) is 229 Å². The fourth-order valence-electron chi connectivity index (χ4n) is 11.6. The van der Waals surface area contributed by atoms with Gasteiger partial charge >= 0.3 is 6.85 Å². The van der Waals surface area contributed by atoms with E-state index in [1.807, 2.05) is 0 Å². The van der Waals surface area contributed by atoms with Gasteiger partial charge in [-0.25, -0.2) is 0 Å². The second-order valence-corrected chi connectivity index (χ2v) is 22.2. The molecule has 0 radical (unpaired) electrons. The number of hydrogen-bond acceptors (Lipinski definition) is 4. The highest BCUT2D eigenvalue weighted by molar-refractivity contribution is 6.94. The average Bonchev–Trinajstić information content (AvgIpc) is 3.84. The zero-order valence-electron chi connectivity index (χ0n) is 43.2. The van der Waals surface area contributed by atoms with Crippen molar-refractivity contribution in [2.45, 2.75) is 59.3 Å². The molecule has 0 saturated heterocycles. The zero-order valence-corrected chi connectivity index (χ0v) is 43.2. The van der Waals surface area contributed by atoms with Crippen LogP contribution >= 0.6 is 0 Å². The van der Waals surface area contributed by atoms with E-state index in [4.69, 9.17) is 4.42 Å². The van der Waals surface area contributed by atoms with E-state index in [0.717, 1.165) is 78.6 Å². The van der Waals surface area contributed by atoms with Gasteiger partial charge in [-0.1, -0.05) is 187 Å². The number of hydrogen-bond donors (Lipinski definition) is 0. The van der Waals surface area contributed by atoms with E-state index in [2.05, 4.69) is 288 Å². The van der Waals surface area contributed by atoms with Gasteiger partial charge in [0.1, 0.15) is 11.2 Å². The van der Waals surface area contributed by atoms with Gasteiger partial charge in [-0.15, -0.1) is 0 Å². The lowest BCUT2D eigenvalue weighted by Gasteiger charge is -2.46. The van der Waals surface area contributed by atoms with Crippen molar-refractivity contribution >= 4 is 85.2 Å². The van der Waals surface area contributed by atoms with Crippen LogP contribution in [-0.2, 0) is 10.8 Å². The van der Waals surface area contributed by atoms with Crippen molar-refractivity contribution in [3.63, 3.8) is 0 Å². The van der Waals surface area contributed by atoms with E-state index in [-0.39, 0.29) is 17.7 Å². The third-order valence-corrected chi connectivity index (χ3v) is 15.5. The van der Waals surface area contributed by atoms with Gasteiger partial charge in [-0.05, 0) is 146 Å². The highest BCUT2D eigenvalue weighted by atomic mass is 16.3. The molecule has 1 aromatic heterocycles. The lowest BCUT2D eigenvalue weighted by molar-refractivity contribution is 0.590. The molecule has 0 aliphatic carbocycles. The van der Waals surface area contributed by atoms with Crippen LogP contribution in [0, 0.1) is 6.92 Å². The summed E-state index contributed by atoms with van der Waals surface area (Å²) in [4.78, 5) is 7.57.